The number of hydrogen-bond acceptors (Lipinski definition) is 4. The lowest BCUT2D eigenvalue weighted by atomic mass is 10.0. The van der Waals surface area contributed by atoms with Crippen LogP contribution < -0.4 is 4.74 Å². The van der Waals surface area contributed by atoms with Crippen molar-refractivity contribution in [3.05, 3.63) is 84.6 Å². The summed E-state index contributed by atoms with van der Waals surface area (Å²) < 4.78 is 9.42. The number of imide groups is 1. The smallest absolute Gasteiger partial charge is 0.293 e. The van der Waals surface area contributed by atoms with Gasteiger partial charge in [-0.15, -0.1) is 0 Å². The molecule has 0 aliphatic carbocycles. The van der Waals surface area contributed by atoms with E-state index in [1.54, 1.807) is 0 Å². The highest BCUT2D eigenvalue weighted by atomic mass is 127. The Hall–Kier alpha value is -2.52. The monoisotopic (exact) mass is 614 g/mol. The van der Waals surface area contributed by atoms with Crippen LogP contribution in [0.25, 0.3) is 11.8 Å². The van der Waals surface area contributed by atoms with Gasteiger partial charge in [-0.2, -0.15) is 0 Å². The van der Waals surface area contributed by atoms with E-state index < -0.39 is 0 Å². The van der Waals surface area contributed by atoms with E-state index in [0.29, 0.717) is 10.8 Å². The summed E-state index contributed by atoms with van der Waals surface area (Å²) in [6, 6.07) is 14.6. The van der Waals surface area contributed by atoms with Crippen LogP contribution in [0.4, 0.5) is 4.79 Å². The van der Waals surface area contributed by atoms with E-state index in [0.717, 1.165) is 51.3 Å². The molecular weight excluding hydrogens is 583 g/mol. The van der Waals surface area contributed by atoms with Gasteiger partial charge in [0.2, 0.25) is 0 Å². The Morgan fingerprint density at radius 2 is 1.78 bits per heavy atom. The molecule has 0 atom stereocenters. The molecule has 7 heteroatoms. The van der Waals surface area contributed by atoms with Crippen LogP contribution in [-0.2, 0) is 4.79 Å². The zero-order chi connectivity index (χ0) is 26.1. The van der Waals surface area contributed by atoms with Gasteiger partial charge in [0.15, 0.2) is 0 Å². The first-order valence-electron chi connectivity index (χ1n) is 12.0. The second-order valence-corrected chi connectivity index (χ2v) is 11.6. The van der Waals surface area contributed by atoms with Gasteiger partial charge in [0.25, 0.3) is 11.1 Å². The summed E-state index contributed by atoms with van der Waals surface area (Å²) in [6.45, 7) is 12.9. The number of ether oxygens (including phenoxy) is 1. The third kappa shape index (κ3) is 5.42. The number of amides is 2. The Bertz CT molecular complexity index is 1370. The predicted octanol–water partition coefficient (Wildman–Crippen LogP) is 7.55. The zero-order valence-corrected chi connectivity index (χ0v) is 24.5. The highest BCUT2D eigenvalue weighted by Crippen LogP contribution is 2.34. The van der Waals surface area contributed by atoms with Crippen LogP contribution in [0.2, 0.25) is 0 Å². The molecule has 1 aliphatic heterocycles. The van der Waals surface area contributed by atoms with Gasteiger partial charge in [0.05, 0.1) is 11.4 Å². The second kappa shape index (κ2) is 10.8. The standard InChI is InChI=1S/C29H31IN2O3S/c1-17(2)24-9-7-18(3)13-26(24)35-12-11-31-28(33)27(36-29(31)34)16-22-15-20(5)32(21(22)6)23-8-10-25(30)19(4)14-23/h7-10,13-17H,11-12H2,1-6H3/b27-16-. The molecule has 1 saturated heterocycles. The SMILES string of the molecule is Cc1ccc(C(C)C)c(OCCN2C(=O)S/C(=C\c3cc(C)n(-c4ccc(I)c(C)c4)c3C)C2=O)c1. The molecule has 4 rings (SSSR count). The lowest BCUT2D eigenvalue weighted by molar-refractivity contribution is -0.123. The average Bonchev–Trinajstić information content (AvgIpc) is 3.24. The highest BCUT2D eigenvalue weighted by Gasteiger charge is 2.35. The number of carbonyl (C=O) groups excluding carboxylic acids is 2. The van der Waals surface area contributed by atoms with Gasteiger partial charge < -0.3 is 9.30 Å². The molecule has 0 bridgehead atoms. The first kappa shape index (κ1) is 26.5. The normalized spacial score (nSPS) is 15.0. The molecule has 36 heavy (non-hydrogen) atoms. The van der Waals surface area contributed by atoms with E-state index >= 15 is 0 Å². The van der Waals surface area contributed by atoms with Crippen molar-refractivity contribution in [2.45, 2.75) is 47.5 Å². The van der Waals surface area contributed by atoms with Crippen LogP contribution in [0, 0.1) is 31.3 Å². The van der Waals surface area contributed by atoms with Crippen molar-refractivity contribution in [2.24, 2.45) is 0 Å². The van der Waals surface area contributed by atoms with Gasteiger partial charge in [-0.1, -0.05) is 26.0 Å². The van der Waals surface area contributed by atoms with Gasteiger partial charge in [-0.3, -0.25) is 14.5 Å². The Labute approximate surface area is 231 Å². The Morgan fingerprint density at radius 1 is 1.03 bits per heavy atom. The van der Waals surface area contributed by atoms with Crippen molar-refractivity contribution in [3.8, 4) is 11.4 Å². The van der Waals surface area contributed by atoms with Crippen LogP contribution in [0.15, 0.2) is 47.4 Å². The van der Waals surface area contributed by atoms with Gasteiger partial charge in [0.1, 0.15) is 12.4 Å². The van der Waals surface area contributed by atoms with Crippen LogP contribution in [0.5, 0.6) is 5.75 Å². The maximum absolute atomic E-state index is 13.1. The van der Waals surface area contributed by atoms with E-state index in [1.807, 2.05) is 26.0 Å². The van der Waals surface area contributed by atoms with E-state index in [2.05, 4.69) is 91.3 Å². The summed E-state index contributed by atoms with van der Waals surface area (Å²) in [6.07, 6.45) is 1.83. The first-order chi connectivity index (χ1) is 17.1. The van der Waals surface area contributed by atoms with Gasteiger partial charge in [0, 0.05) is 20.6 Å². The second-order valence-electron chi connectivity index (χ2n) is 9.47. The molecule has 3 aromatic rings. The molecule has 0 spiro atoms. The highest BCUT2D eigenvalue weighted by molar-refractivity contribution is 14.1. The number of hydrogen-bond donors (Lipinski definition) is 0. The summed E-state index contributed by atoms with van der Waals surface area (Å²) in [5.41, 5.74) is 7.58. The van der Waals surface area contributed by atoms with Crippen molar-refractivity contribution in [1.29, 1.82) is 0 Å². The lowest BCUT2D eigenvalue weighted by Crippen LogP contribution is -2.32. The summed E-state index contributed by atoms with van der Waals surface area (Å²) >= 11 is 3.33. The number of nitrogens with zero attached hydrogens (tertiary/aromatic N) is 2. The fourth-order valence-corrected chi connectivity index (χ4v) is 5.61. The molecule has 0 N–H and O–H groups in total. The van der Waals surface area contributed by atoms with E-state index in [-0.39, 0.29) is 24.3 Å². The van der Waals surface area contributed by atoms with Gasteiger partial charge in [-0.25, -0.2) is 0 Å². The molecule has 0 unspecified atom stereocenters. The topological polar surface area (TPSA) is 51.5 Å². The van der Waals surface area contributed by atoms with Crippen molar-refractivity contribution in [2.75, 3.05) is 13.2 Å². The largest absolute Gasteiger partial charge is 0.491 e. The van der Waals surface area contributed by atoms with Crippen LogP contribution in [-0.4, -0.2) is 33.8 Å². The van der Waals surface area contributed by atoms with Crippen molar-refractivity contribution < 1.29 is 14.3 Å². The molecule has 5 nitrogen and oxygen atoms in total. The molecule has 188 valence electrons. The van der Waals surface area contributed by atoms with Gasteiger partial charge in [-0.05, 0) is 127 Å². The minimum absolute atomic E-state index is 0.217. The summed E-state index contributed by atoms with van der Waals surface area (Å²) in [4.78, 5) is 27.5. The Morgan fingerprint density at radius 3 is 2.47 bits per heavy atom. The zero-order valence-electron chi connectivity index (χ0n) is 21.5. The van der Waals surface area contributed by atoms with Gasteiger partial charge >= 0.3 is 0 Å². The third-order valence-corrected chi connectivity index (χ3v) is 8.51. The first-order valence-corrected chi connectivity index (χ1v) is 13.9. The maximum Gasteiger partial charge on any atom is 0.293 e. The number of aromatic nitrogens is 1. The van der Waals surface area contributed by atoms with Crippen molar-refractivity contribution in [3.63, 3.8) is 0 Å². The predicted molar refractivity (Wildman–Crippen MR) is 156 cm³/mol. The molecule has 2 heterocycles. The maximum atomic E-state index is 13.1. The minimum atomic E-state index is -0.267. The van der Waals surface area contributed by atoms with E-state index in [1.165, 1.54) is 14.0 Å². The lowest BCUT2D eigenvalue weighted by Gasteiger charge is -2.17. The molecule has 0 radical (unpaired) electrons. The summed E-state index contributed by atoms with van der Waals surface area (Å²) in [5.74, 6) is 0.866. The van der Waals surface area contributed by atoms with Crippen molar-refractivity contribution >= 4 is 51.6 Å². The molecule has 0 saturated carbocycles. The number of thioether (sulfide) groups is 1. The quantitative estimate of drug-likeness (QED) is 0.204. The molecular formula is C29H31IN2O3S. The Kier molecular flexibility index (Phi) is 7.99. The van der Waals surface area contributed by atoms with Crippen molar-refractivity contribution in [1.82, 2.24) is 9.47 Å². The molecule has 2 aromatic carbocycles. The van der Waals surface area contributed by atoms with Crippen LogP contribution >= 0.6 is 34.4 Å². The van der Waals surface area contributed by atoms with E-state index in [9.17, 15) is 9.59 Å². The minimum Gasteiger partial charge on any atom is -0.491 e. The number of carbonyl (C=O) groups is 2. The average molecular weight is 615 g/mol. The molecule has 1 aromatic heterocycles. The van der Waals surface area contributed by atoms with Crippen LogP contribution in [0.3, 0.4) is 0 Å². The summed E-state index contributed by atoms with van der Waals surface area (Å²) in [7, 11) is 0. The number of halogens is 1. The number of aryl methyl sites for hydroxylation is 3. The van der Waals surface area contributed by atoms with E-state index in [4.69, 9.17) is 4.74 Å². The number of rotatable bonds is 7. The third-order valence-electron chi connectivity index (χ3n) is 6.39. The Balaban J connectivity index is 1.50. The fraction of sp³-hybridized carbons (Fsp3) is 0.310. The molecule has 1 aliphatic rings. The summed E-state index contributed by atoms with van der Waals surface area (Å²) in [5, 5.41) is -0.259. The van der Waals surface area contributed by atoms with Crippen LogP contribution in [0.1, 0.15) is 53.4 Å². The number of benzene rings is 2. The molecule has 2 amide bonds. The fourth-order valence-electron chi connectivity index (χ4n) is 4.42. The molecule has 1 fully saturated rings.